The van der Waals surface area contributed by atoms with E-state index in [1.54, 1.807) is 29.2 Å². The van der Waals surface area contributed by atoms with Crippen molar-refractivity contribution in [1.29, 1.82) is 0 Å². The van der Waals surface area contributed by atoms with Crippen molar-refractivity contribution in [2.75, 3.05) is 6.54 Å². The monoisotopic (exact) mass is 440 g/mol. The summed E-state index contributed by atoms with van der Waals surface area (Å²) in [5, 5.41) is 4.19. The van der Waals surface area contributed by atoms with E-state index in [1.807, 2.05) is 32.0 Å². The first-order valence-electron chi connectivity index (χ1n) is 9.12. The Bertz CT molecular complexity index is 822. The Kier molecular flexibility index (Phi) is 8.61. The van der Waals surface area contributed by atoms with Crippen LogP contribution in [-0.4, -0.2) is 29.3 Å². The predicted molar refractivity (Wildman–Crippen MR) is 115 cm³/mol. The van der Waals surface area contributed by atoms with E-state index in [2.05, 4.69) is 5.32 Å². The van der Waals surface area contributed by atoms with Crippen molar-refractivity contribution < 1.29 is 9.59 Å². The van der Waals surface area contributed by atoms with Gasteiger partial charge in [-0.25, -0.2) is 0 Å². The molecule has 0 unspecified atom stereocenters. The van der Waals surface area contributed by atoms with Crippen molar-refractivity contribution in [2.45, 2.75) is 39.3 Å². The van der Waals surface area contributed by atoms with Crippen molar-refractivity contribution in [3.63, 3.8) is 0 Å². The van der Waals surface area contributed by atoms with Crippen LogP contribution < -0.4 is 5.32 Å². The van der Waals surface area contributed by atoms with Crippen molar-refractivity contribution in [1.82, 2.24) is 10.2 Å². The summed E-state index contributed by atoms with van der Waals surface area (Å²) in [6, 6.07) is 11.8. The minimum Gasteiger partial charge on any atom is -0.355 e. The lowest BCUT2D eigenvalue weighted by Crippen LogP contribution is -2.49. The highest BCUT2D eigenvalue weighted by Gasteiger charge is 2.29. The molecule has 1 atom stereocenters. The van der Waals surface area contributed by atoms with Crippen LogP contribution in [-0.2, 0) is 22.6 Å². The summed E-state index contributed by atoms with van der Waals surface area (Å²) in [4.78, 5) is 27.4. The average Bonchev–Trinajstić information content (AvgIpc) is 2.66. The zero-order valence-corrected chi connectivity index (χ0v) is 18.1. The van der Waals surface area contributed by atoms with E-state index in [4.69, 9.17) is 34.8 Å². The van der Waals surface area contributed by atoms with Crippen molar-refractivity contribution in [3.05, 3.63) is 68.7 Å². The van der Waals surface area contributed by atoms with Gasteiger partial charge in [-0.3, -0.25) is 9.59 Å². The third-order valence-electron chi connectivity index (χ3n) is 4.43. The standard InChI is InChI=1S/C21H23Cl3N2O2/c1-3-19(21(28)25-4-2)26(13-14-8-5-6-9-16(14)22)20(27)12-15-17(23)10-7-11-18(15)24/h5-11,19H,3-4,12-13H2,1-2H3,(H,25,28)/t19-/m0/s1. The molecule has 0 fully saturated rings. The molecule has 0 aliphatic rings. The molecule has 4 nitrogen and oxygen atoms in total. The topological polar surface area (TPSA) is 49.4 Å². The molecule has 0 heterocycles. The average molecular weight is 442 g/mol. The number of likely N-dealkylation sites (N-methyl/N-ethyl adjacent to an activating group) is 1. The van der Waals surface area contributed by atoms with Gasteiger partial charge in [0, 0.05) is 28.2 Å². The fourth-order valence-corrected chi connectivity index (χ4v) is 3.70. The van der Waals surface area contributed by atoms with Gasteiger partial charge in [0.1, 0.15) is 6.04 Å². The van der Waals surface area contributed by atoms with Crippen LogP contribution in [0.2, 0.25) is 15.1 Å². The van der Waals surface area contributed by atoms with Gasteiger partial charge in [-0.1, -0.05) is 66.0 Å². The maximum absolute atomic E-state index is 13.2. The Balaban J connectivity index is 2.37. The summed E-state index contributed by atoms with van der Waals surface area (Å²) in [7, 11) is 0. The molecule has 0 saturated heterocycles. The number of amides is 2. The molecule has 2 aromatic carbocycles. The van der Waals surface area contributed by atoms with Gasteiger partial charge in [0.2, 0.25) is 11.8 Å². The Morgan fingerprint density at radius 3 is 2.14 bits per heavy atom. The van der Waals surface area contributed by atoms with Crippen LogP contribution in [0.3, 0.4) is 0 Å². The Morgan fingerprint density at radius 1 is 0.964 bits per heavy atom. The molecule has 28 heavy (non-hydrogen) atoms. The van der Waals surface area contributed by atoms with Gasteiger partial charge in [-0.05, 0) is 42.7 Å². The van der Waals surface area contributed by atoms with E-state index < -0.39 is 6.04 Å². The molecule has 0 aromatic heterocycles. The third kappa shape index (κ3) is 5.63. The molecule has 0 bridgehead atoms. The summed E-state index contributed by atoms with van der Waals surface area (Å²) in [5.74, 6) is -0.441. The highest BCUT2D eigenvalue weighted by molar-refractivity contribution is 6.36. The van der Waals surface area contributed by atoms with Crippen LogP contribution >= 0.6 is 34.8 Å². The number of benzene rings is 2. The lowest BCUT2D eigenvalue weighted by atomic mass is 10.1. The van der Waals surface area contributed by atoms with Crippen LogP contribution in [0.4, 0.5) is 0 Å². The molecular formula is C21H23Cl3N2O2. The highest BCUT2D eigenvalue weighted by Crippen LogP contribution is 2.27. The molecule has 150 valence electrons. The molecule has 2 rings (SSSR count). The zero-order valence-electron chi connectivity index (χ0n) is 15.8. The minimum absolute atomic E-state index is 0.00113. The van der Waals surface area contributed by atoms with Gasteiger partial charge < -0.3 is 10.2 Å². The number of carbonyl (C=O) groups is 2. The minimum atomic E-state index is -0.620. The second-order valence-corrected chi connectivity index (χ2v) is 7.53. The Morgan fingerprint density at radius 2 is 1.57 bits per heavy atom. The first-order chi connectivity index (χ1) is 13.4. The van der Waals surface area contributed by atoms with Crippen molar-refractivity contribution in [2.24, 2.45) is 0 Å². The zero-order chi connectivity index (χ0) is 20.7. The Labute approximate surface area is 180 Å². The van der Waals surface area contributed by atoms with Gasteiger partial charge in [0.25, 0.3) is 0 Å². The molecule has 0 spiro atoms. The summed E-state index contributed by atoms with van der Waals surface area (Å²) in [6.45, 7) is 4.42. The SMILES string of the molecule is CCNC(=O)[C@H](CC)N(Cc1ccccc1Cl)C(=O)Cc1c(Cl)cccc1Cl. The highest BCUT2D eigenvalue weighted by atomic mass is 35.5. The van der Waals surface area contributed by atoms with E-state index >= 15 is 0 Å². The summed E-state index contributed by atoms with van der Waals surface area (Å²) in [5.41, 5.74) is 1.32. The van der Waals surface area contributed by atoms with Crippen LogP contribution in [0.1, 0.15) is 31.4 Å². The van der Waals surface area contributed by atoms with Gasteiger partial charge >= 0.3 is 0 Å². The number of nitrogens with one attached hydrogen (secondary N) is 1. The lowest BCUT2D eigenvalue weighted by molar-refractivity contribution is -0.140. The van der Waals surface area contributed by atoms with E-state index in [-0.39, 0.29) is 24.8 Å². The number of hydrogen-bond donors (Lipinski definition) is 1. The molecule has 2 aromatic rings. The molecule has 1 N–H and O–H groups in total. The largest absolute Gasteiger partial charge is 0.355 e. The molecule has 0 aliphatic carbocycles. The second-order valence-electron chi connectivity index (χ2n) is 6.31. The quantitative estimate of drug-likeness (QED) is 0.617. The van der Waals surface area contributed by atoms with Gasteiger partial charge in [-0.15, -0.1) is 0 Å². The fraction of sp³-hybridized carbons (Fsp3) is 0.333. The summed E-state index contributed by atoms with van der Waals surface area (Å²) >= 11 is 18.8. The summed E-state index contributed by atoms with van der Waals surface area (Å²) in [6.07, 6.45) is 0.469. The maximum Gasteiger partial charge on any atom is 0.242 e. The molecule has 7 heteroatoms. The number of nitrogens with zero attached hydrogens (tertiary/aromatic N) is 1. The first-order valence-corrected chi connectivity index (χ1v) is 10.3. The number of carbonyl (C=O) groups excluding carboxylic acids is 2. The van der Waals surface area contributed by atoms with Crippen LogP contribution in [0, 0.1) is 0 Å². The van der Waals surface area contributed by atoms with E-state index in [9.17, 15) is 9.59 Å². The van der Waals surface area contributed by atoms with Crippen molar-refractivity contribution >= 4 is 46.6 Å². The molecule has 0 aliphatic heterocycles. The van der Waals surface area contributed by atoms with Gasteiger partial charge in [0.05, 0.1) is 6.42 Å². The van der Waals surface area contributed by atoms with E-state index in [1.165, 1.54) is 0 Å². The normalized spacial score (nSPS) is 11.8. The Hall–Kier alpha value is -1.75. The lowest BCUT2D eigenvalue weighted by Gasteiger charge is -2.31. The number of hydrogen-bond acceptors (Lipinski definition) is 2. The molecule has 0 saturated carbocycles. The fourth-order valence-electron chi connectivity index (χ4n) is 2.98. The molecule has 0 radical (unpaired) electrons. The third-order valence-corrected chi connectivity index (χ3v) is 5.50. The smallest absolute Gasteiger partial charge is 0.242 e. The number of rotatable bonds is 8. The molecular weight excluding hydrogens is 419 g/mol. The first kappa shape index (κ1) is 22.5. The maximum atomic E-state index is 13.2. The van der Waals surface area contributed by atoms with E-state index in [0.717, 1.165) is 5.56 Å². The van der Waals surface area contributed by atoms with Gasteiger partial charge in [-0.2, -0.15) is 0 Å². The van der Waals surface area contributed by atoms with Crippen LogP contribution in [0.15, 0.2) is 42.5 Å². The van der Waals surface area contributed by atoms with Gasteiger partial charge in [0.15, 0.2) is 0 Å². The second kappa shape index (κ2) is 10.7. The predicted octanol–water partition coefficient (Wildman–Crippen LogP) is 5.13. The number of halogens is 3. The summed E-state index contributed by atoms with van der Waals surface area (Å²) < 4.78 is 0. The van der Waals surface area contributed by atoms with Crippen LogP contribution in [0.25, 0.3) is 0 Å². The molecule has 2 amide bonds. The van der Waals surface area contributed by atoms with Crippen molar-refractivity contribution in [3.8, 4) is 0 Å². The van der Waals surface area contributed by atoms with E-state index in [0.29, 0.717) is 33.6 Å². The van der Waals surface area contributed by atoms with Crippen LogP contribution in [0.5, 0.6) is 0 Å².